The lowest BCUT2D eigenvalue weighted by Gasteiger charge is -2.06. The van der Waals surface area contributed by atoms with E-state index in [1.165, 1.54) is 11.1 Å². The smallest absolute Gasteiger partial charge is 0.180 e. The Hall–Kier alpha value is -1.13. The van der Waals surface area contributed by atoms with Crippen molar-refractivity contribution in [2.45, 2.75) is 13.3 Å². The van der Waals surface area contributed by atoms with Crippen LogP contribution in [0.2, 0.25) is 0 Å². The molecule has 0 unspecified atom stereocenters. The first-order valence-corrected chi connectivity index (χ1v) is 4.93. The zero-order chi connectivity index (χ0) is 10.4. The SMILES string of the molecule is Cc1ccc(CCNC(=S)NN)cc1. The van der Waals surface area contributed by atoms with Crippen LogP contribution < -0.4 is 16.6 Å². The number of hydrogen-bond acceptors (Lipinski definition) is 2. The summed E-state index contributed by atoms with van der Waals surface area (Å²) in [5.41, 5.74) is 4.95. The van der Waals surface area contributed by atoms with Crippen LogP contribution in [0.15, 0.2) is 24.3 Å². The molecule has 1 aromatic carbocycles. The molecule has 0 bridgehead atoms. The molecule has 3 nitrogen and oxygen atoms in total. The van der Waals surface area contributed by atoms with Crippen molar-refractivity contribution in [1.82, 2.24) is 10.7 Å². The van der Waals surface area contributed by atoms with E-state index in [1.807, 2.05) is 0 Å². The lowest BCUT2D eigenvalue weighted by molar-refractivity contribution is 0.836. The van der Waals surface area contributed by atoms with Crippen LogP contribution in [-0.4, -0.2) is 11.7 Å². The van der Waals surface area contributed by atoms with Gasteiger partial charge in [-0.05, 0) is 31.1 Å². The van der Waals surface area contributed by atoms with E-state index in [0.717, 1.165) is 13.0 Å². The molecule has 14 heavy (non-hydrogen) atoms. The molecule has 0 aliphatic heterocycles. The fourth-order valence-electron chi connectivity index (χ4n) is 1.13. The summed E-state index contributed by atoms with van der Waals surface area (Å²) in [6.45, 7) is 2.88. The van der Waals surface area contributed by atoms with Gasteiger partial charge in [0.15, 0.2) is 5.11 Å². The Morgan fingerprint density at radius 2 is 2.00 bits per heavy atom. The van der Waals surface area contributed by atoms with Crippen molar-refractivity contribution in [3.8, 4) is 0 Å². The van der Waals surface area contributed by atoms with Gasteiger partial charge in [0.05, 0.1) is 0 Å². The molecular formula is C10H15N3S. The molecule has 0 saturated carbocycles. The maximum Gasteiger partial charge on any atom is 0.180 e. The number of aryl methyl sites for hydroxylation is 1. The zero-order valence-corrected chi connectivity index (χ0v) is 9.03. The Bertz CT molecular complexity index is 295. The van der Waals surface area contributed by atoms with Crippen LogP contribution in [0.25, 0.3) is 0 Å². The third kappa shape index (κ3) is 3.72. The van der Waals surface area contributed by atoms with Crippen molar-refractivity contribution < 1.29 is 0 Å². The third-order valence-electron chi connectivity index (χ3n) is 1.95. The Kier molecular flexibility index (Phi) is 4.35. The number of nitrogens with one attached hydrogen (secondary N) is 2. The average Bonchev–Trinajstić information content (AvgIpc) is 2.21. The average molecular weight is 209 g/mol. The van der Waals surface area contributed by atoms with Gasteiger partial charge in [0, 0.05) is 6.54 Å². The molecule has 0 fully saturated rings. The van der Waals surface area contributed by atoms with Crippen LogP contribution in [-0.2, 0) is 6.42 Å². The van der Waals surface area contributed by atoms with Crippen molar-refractivity contribution in [2.24, 2.45) is 5.84 Å². The first kappa shape index (κ1) is 10.9. The monoisotopic (exact) mass is 209 g/mol. The maximum atomic E-state index is 5.12. The van der Waals surface area contributed by atoms with E-state index >= 15 is 0 Å². The van der Waals surface area contributed by atoms with E-state index in [2.05, 4.69) is 41.9 Å². The van der Waals surface area contributed by atoms with E-state index in [1.54, 1.807) is 0 Å². The largest absolute Gasteiger partial charge is 0.361 e. The van der Waals surface area contributed by atoms with Gasteiger partial charge in [-0.2, -0.15) is 0 Å². The van der Waals surface area contributed by atoms with Crippen molar-refractivity contribution in [2.75, 3.05) is 6.54 Å². The van der Waals surface area contributed by atoms with Gasteiger partial charge in [0.2, 0.25) is 0 Å². The van der Waals surface area contributed by atoms with Crippen molar-refractivity contribution in [3.63, 3.8) is 0 Å². The van der Waals surface area contributed by atoms with E-state index in [0.29, 0.717) is 5.11 Å². The van der Waals surface area contributed by atoms with Gasteiger partial charge in [-0.15, -0.1) is 0 Å². The zero-order valence-electron chi connectivity index (χ0n) is 8.21. The summed E-state index contributed by atoms with van der Waals surface area (Å²) in [6, 6.07) is 8.45. The number of nitrogens with two attached hydrogens (primary N) is 1. The van der Waals surface area contributed by atoms with Gasteiger partial charge in [-0.25, -0.2) is 5.84 Å². The van der Waals surface area contributed by atoms with Crippen LogP contribution in [0.4, 0.5) is 0 Å². The highest BCUT2D eigenvalue weighted by atomic mass is 32.1. The summed E-state index contributed by atoms with van der Waals surface area (Å²) in [5, 5.41) is 3.47. The minimum Gasteiger partial charge on any atom is -0.361 e. The quantitative estimate of drug-likeness (QED) is 0.393. The van der Waals surface area contributed by atoms with Gasteiger partial charge < -0.3 is 10.7 Å². The summed E-state index contributed by atoms with van der Waals surface area (Å²) < 4.78 is 0. The van der Waals surface area contributed by atoms with Crippen molar-refractivity contribution >= 4 is 17.3 Å². The molecule has 0 saturated heterocycles. The summed E-state index contributed by atoms with van der Waals surface area (Å²) >= 11 is 4.84. The molecule has 76 valence electrons. The molecule has 1 aromatic rings. The molecule has 0 radical (unpaired) electrons. The Morgan fingerprint density at radius 1 is 1.36 bits per heavy atom. The fraction of sp³-hybridized carbons (Fsp3) is 0.300. The van der Waals surface area contributed by atoms with Crippen molar-refractivity contribution in [3.05, 3.63) is 35.4 Å². The Morgan fingerprint density at radius 3 is 2.57 bits per heavy atom. The minimum absolute atomic E-state index is 0.483. The van der Waals surface area contributed by atoms with E-state index in [4.69, 9.17) is 18.1 Å². The summed E-state index contributed by atoms with van der Waals surface area (Å²) in [5.74, 6) is 5.12. The van der Waals surface area contributed by atoms with E-state index in [-0.39, 0.29) is 0 Å². The lowest BCUT2D eigenvalue weighted by atomic mass is 10.1. The highest BCUT2D eigenvalue weighted by molar-refractivity contribution is 7.80. The Balaban J connectivity index is 2.31. The molecule has 0 aliphatic rings. The number of rotatable bonds is 3. The predicted molar refractivity (Wildman–Crippen MR) is 62.8 cm³/mol. The third-order valence-corrected chi connectivity index (χ3v) is 2.21. The van der Waals surface area contributed by atoms with Gasteiger partial charge >= 0.3 is 0 Å². The number of hydrazine groups is 1. The molecule has 4 N–H and O–H groups in total. The first-order chi connectivity index (χ1) is 6.72. The van der Waals surface area contributed by atoms with Gasteiger partial charge in [0.1, 0.15) is 0 Å². The second kappa shape index (κ2) is 5.57. The highest BCUT2D eigenvalue weighted by Crippen LogP contribution is 2.02. The summed E-state index contributed by atoms with van der Waals surface area (Å²) in [7, 11) is 0. The molecule has 0 aliphatic carbocycles. The molecule has 0 spiro atoms. The topological polar surface area (TPSA) is 50.1 Å². The second-order valence-electron chi connectivity index (χ2n) is 3.14. The lowest BCUT2D eigenvalue weighted by Crippen LogP contribution is -2.40. The first-order valence-electron chi connectivity index (χ1n) is 4.52. The molecule has 0 aromatic heterocycles. The molecule has 0 heterocycles. The van der Waals surface area contributed by atoms with Gasteiger partial charge in [0.25, 0.3) is 0 Å². The molecule has 0 atom stereocenters. The molecule has 4 heteroatoms. The van der Waals surface area contributed by atoms with Crippen LogP contribution in [0.3, 0.4) is 0 Å². The second-order valence-corrected chi connectivity index (χ2v) is 3.54. The maximum absolute atomic E-state index is 5.12. The normalized spacial score (nSPS) is 9.57. The fourth-order valence-corrected chi connectivity index (χ4v) is 1.23. The summed E-state index contributed by atoms with van der Waals surface area (Å²) in [6.07, 6.45) is 0.947. The van der Waals surface area contributed by atoms with Crippen LogP contribution in [0, 0.1) is 6.92 Å². The van der Waals surface area contributed by atoms with Crippen molar-refractivity contribution in [1.29, 1.82) is 0 Å². The number of hydrogen-bond donors (Lipinski definition) is 3. The van der Waals surface area contributed by atoms with Gasteiger partial charge in [-0.3, -0.25) is 0 Å². The standard InChI is InChI=1S/C10H15N3S/c1-8-2-4-9(5-3-8)6-7-12-10(14)13-11/h2-5H,6-7,11H2,1H3,(H2,12,13,14). The van der Waals surface area contributed by atoms with Crippen LogP contribution in [0.1, 0.15) is 11.1 Å². The van der Waals surface area contributed by atoms with Crippen LogP contribution >= 0.6 is 12.2 Å². The predicted octanol–water partition coefficient (Wildman–Crippen LogP) is 0.875. The molecular weight excluding hydrogens is 194 g/mol. The van der Waals surface area contributed by atoms with E-state index in [9.17, 15) is 0 Å². The molecule has 0 amide bonds. The summed E-state index contributed by atoms with van der Waals surface area (Å²) in [4.78, 5) is 0. The van der Waals surface area contributed by atoms with Crippen LogP contribution in [0.5, 0.6) is 0 Å². The van der Waals surface area contributed by atoms with Gasteiger partial charge in [-0.1, -0.05) is 29.8 Å². The molecule has 1 rings (SSSR count). The number of benzene rings is 1. The Labute approximate surface area is 89.7 Å². The number of thiocarbonyl (C=S) groups is 1. The minimum atomic E-state index is 0.483. The van der Waals surface area contributed by atoms with E-state index < -0.39 is 0 Å². The highest BCUT2D eigenvalue weighted by Gasteiger charge is 1.93.